The van der Waals surface area contributed by atoms with Gasteiger partial charge in [0.25, 0.3) is 0 Å². The topological polar surface area (TPSA) is 55.6 Å². The Bertz CT molecular complexity index is 324. The molecule has 19 heavy (non-hydrogen) atoms. The molecule has 3 atom stereocenters. The van der Waals surface area contributed by atoms with Gasteiger partial charge in [0.15, 0.2) is 0 Å². The highest BCUT2D eigenvalue weighted by Crippen LogP contribution is 2.56. The van der Waals surface area contributed by atoms with Crippen LogP contribution in [0.3, 0.4) is 0 Å². The monoisotopic (exact) mass is 268 g/mol. The predicted octanol–water partition coefficient (Wildman–Crippen LogP) is 1.92. The zero-order valence-corrected chi connectivity index (χ0v) is 12.5. The fraction of sp³-hybridized carbons (Fsp3) is 0.933. The first kappa shape index (κ1) is 14.8. The quantitative estimate of drug-likeness (QED) is 0.829. The summed E-state index contributed by atoms with van der Waals surface area (Å²) in [6.45, 7) is 4.72. The summed E-state index contributed by atoms with van der Waals surface area (Å²) in [5.41, 5.74) is 5.97. The van der Waals surface area contributed by atoms with Gasteiger partial charge < -0.3 is 15.4 Å². The zero-order chi connectivity index (χ0) is 14.0. The van der Waals surface area contributed by atoms with E-state index < -0.39 is 0 Å². The van der Waals surface area contributed by atoms with Gasteiger partial charge in [0.2, 0.25) is 5.91 Å². The standard InChI is InChI=1S/C15H28N2O2/c1-4-19-13-10-12(15(13)7-5-6-8-15)17(3)14(18)9-11(2)16/h11-13H,4-10,16H2,1-3H3. The molecule has 1 spiro atoms. The van der Waals surface area contributed by atoms with E-state index in [9.17, 15) is 4.79 Å². The maximum atomic E-state index is 12.2. The lowest BCUT2D eigenvalue weighted by molar-refractivity contribution is -0.172. The molecule has 2 N–H and O–H groups in total. The van der Waals surface area contributed by atoms with E-state index in [1.165, 1.54) is 25.7 Å². The lowest BCUT2D eigenvalue weighted by Gasteiger charge is -2.57. The number of ether oxygens (including phenoxy) is 1. The van der Waals surface area contributed by atoms with Gasteiger partial charge >= 0.3 is 0 Å². The molecule has 2 aliphatic rings. The van der Waals surface area contributed by atoms with Crippen molar-refractivity contribution in [2.24, 2.45) is 11.1 Å². The van der Waals surface area contributed by atoms with E-state index in [0.29, 0.717) is 18.6 Å². The molecule has 0 aromatic carbocycles. The van der Waals surface area contributed by atoms with Crippen LogP contribution in [-0.4, -0.2) is 42.6 Å². The molecule has 4 heteroatoms. The minimum absolute atomic E-state index is 0.0581. The van der Waals surface area contributed by atoms with Crippen LogP contribution >= 0.6 is 0 Å². The molecular formula is C15H28N2O2. The largest absolute Gasteiger partial charge is 0.378 e. The zero-order valence-electron chi connectivity index (χ0n) is 12.5. The second-order valence-electron chi connectivity index (χ2n) is 6.32. The SMILES string of the molecule is CCOC1CC(N(C)C(=O)CC(C)N)C12CCCC2. The van der Waals surface area contributed by atoms with Crippen molar-refractivity contribution in [3.63, 3.8) is 0 Å². The van der Waals surface area contributed by atoms with Gasteiger partial charge in [-0.15, -0.1) is 0 Å². The van der Waals surface area contributed by atoms with Gasteiger partial charge in [-0.25, -0.2) is 0 Å². The van der Waals surface area contributed by atoms with E-state index in [-0.39, 0.29) is 17.4 Å². The molecule has 2 rings (SSSR count). The van der Waals surface area contributed by atoms with Crippen molar-refractivity contribution < 1.29 is 9.53 Å². The Labute approximate surface area is 116 Å². The average molecular weight is 268 g/mol. The van der Waals surface area contributed by atoms with Crippen LogP contribution in [0.15, 0.2) is 0 Å². The number of hydrogen-bond donors (Lipinski definition) is 1. The first-order valence-corrected chi connectivity index (χ1v) is 7.64. The van der Waals surface area contributed by atoms with Crippen molar-refractivity contribution in [3.8, 4) is 0 Å². The van der Waals surface area contributed by atoms with E-state index in [0.717, 1.165) is 13.0 Å². The molecule has 0 radical (unpaired) electrons. The van der Waals surface area contributed by atoms with E-state index in [1.54, 1.807) is 0 Å². The highest BCUT2D eigenvalue weighted by Gasteiger charge is 2.58. The van der Waals surface area contributed by atoms with Gasteiger partial charge in [-0.3, -0.25) is 4.79 Å². The Balaban J connectivity index is 2.02. The third-order valence-electron chi connectivity index (χ3n) is 5.00. The second-order valence-corrected chi connectivity index (χ2v) is 6.32. The van der Waals surface area contributed by atoms with Crippen LogP contribution in [0.25, 0.3) is 0 Å². The summed E-state index contributed by atoms with van der Waals surface area (Å²) >= 11 is 0. The maximum Gasteiger partial charge on any atom is 0.224 e. The summed E-state index contributed by atoms with van der Waals surface area (Å²) in [5.74, 6) is 0.182. The molecule has 1 amide bonds. The Morgan fingerprint density at radius 3 is 2.63 bits per heavy atom. The Morgan fingerprint density at radius 2 is 2.11 bits per heavy atom. The summed E-state index contributed by atoms with van der Waals surface area (Å²) in [5, 5.41) is 0. The van der Waals surface area contributed by atoms with Crippen LogP contribution in [0, 0.1) is 5.41 Å². The van der Waals surface area contributed by atoms with Gasteiger partial charge in [-0.2, -0.15) is 0 Å². The second kappa shape index (κ2) is 5.80. The Kier molecular flexibility index (Phi) is 4.51. The number of carbonyl (C=O) groups excluding carboxylic acids is 1. The molecule has 0 aromatic heterocycles. The molecule has 4 nitrogen and oxygen atoms in total. The van der Waals surface area contributed by atoms with Crippen LogP contribution in [0.4, 0.5) is 0 Å². The third-order valence-corrected chi connectivity index (χ3v) is 5.00. The molecule has 0 heterocycles. The number of rotatable bonds is 5. The Morgan fingerprint density at radius 1 is 1.47 bits per heavy atom. The molecule has 2 fully saturated rings. The van der Waals surface area contributed by atoms with Gasteiger partial charge in [0.1, 0.15) is 0 Å². The van der Waals surface area contributed by atoms with Crippen LogP contribution in [0.2, 0.25) is 0 Å². The summed E-state index contributed by atoms with van der Waals surface area (Å²) in [6, 6.07) is 0.301. The number of carbonyl (C=O) groups is 1. The van der Waals surface area contributed by atoms with Crippen molar-refractivity contribution in [1.29, 1.82) is 0 Å². The van der Waals surface area contributed by atoms with Crippen LogP contribution in [-0.2, 0) is 9.53 Å². The minimum Gasteiger partial charge on any atom is -0.378 e. The van der Waals surface area contributed by atoms with E-state index in [4.69, 9.17) is 10.5 Å². The van der Waals surface area contributed by atoms with Crippen LogP contribution < -0.4 is 5.73 Å². The summed E-state index contributed by atoms with van der Waals surface area (Å²) < 4.78 is 5.89. The number of hydrogen-bond acceptors (Lipinski definition) is 3. The van der Waals surface area contributed by atoms with E-state index >= 15 is 0 Å². The molecule has 0 bridgehead atoms. The van der Waals surface area contributed by atoms with Gasteiger partial charge in [-0.05, 0) is 33.1 Å². The fourth-order valence-corrected chi connectivity index (χ4v) is 3.99. The fourth-order valence-electron chi connectivity index (χ4n) is 3.99. The predicted molar refractivity (Wildman–Crippen MR) is 75.8 cm³/mol. The smallest absolute Gasteiger partial charge is 0.224 e. The highest BCUT2D eigenvalue weighted by molar-refractivity contribution is 5.77. The highest BCUT2D eigenvalue weighted by atomic mass is 16.5. The summed E-state index contributed by atoms with van der Waals surface area (Å²) in [6.07, 6.45) is 6.76. The molecular weight excluding hydrogens is 240 g/mol. The van der Waals surface area contributed by atoms with Crippen molar-refractivity contribution in [2.75, 3.05) is 13.7 Å². The molecule has 3 unspecified atom stereocenters. The van der Waals surface area contributed by atoms with E-state index in [2.05, 4.69) is 6.92 Å². The molecule has 2 saturated carbocycles. The molecule has 0 aromatic rings. The first-order chi connectivity index (χ1) is 9.01. The van der Waals surface area contributed by atoms with Gasteiger partial charge in [0.05, 0.1) is 6.10 Å². The lowest BCUT2D eigenvalue weighted by atomic mass is 9.60. The minimum atomic E-state index is -0.0581. The van der Waals surface area contributed by atoms with Crippen molar-refractivity contribution in [2.45, 2.75) is 70.6 Å². The van der Waals surface area contributed by atoms with Crippen molar-refractivity contribution in [3.05, 3.63) is 0 Å². The molecule has 2 aliphatic carbocycles. The molecule has 0 saturated heterocycles. The number of nitrogens with zero attached hydrogens (tertiary/aromatic N) is 1. The maximum absolute atomic E-state index is 12.2. The summed E-state index contributed by atoms with van der Waals surface area (Å²) in [7, 11) is 1.94. The third kappa shape index (κ3) is 2.65. The van der Waals surface area contributed by atoms with Gasteiger partial charge in [-0.1, -0.05) is 12.8 Å². The lowest BCUT2D eigenvalue weighted by Crippen LogP contribution is -2.64. The van der Waals surface area contributed by atoms with Gasteiger partial charge in [0, 0.05) is 37.6 Å². The number of amides is 1. The van der Waals surface area contributed by atoms with Crippen molar-refractivity contribution in [1.82, 2.24) is 4.90 Å². The van der Waals surface area contributed by atoms with Crippen LogP contribution in [0.1, 0.15) is 52.4 Å². The van der Waals surface area contributed by atoms with E-state index in [1.807, 2.05) is 18.9 Å². The summed E-state index contributed by atoms with van der Waals surface area (Å²) in [4.78, 5) is 14.1. The Hall–Kier alpha value is -0.610. The molecule has 110 valence electrons. The van der Waals surface area contributed by atoms with Crippen LogP contribution in [0.5, 0.6) is 0 Å². The average Bonchev–Trinajstić information content (AvgIpc) is 2.84. The first-order valence-electron chi connectivity index (χ1n) is 7.64. The molecule has 0 aliphatic heterocycles. The normalized spacial score (nSPS) is 30.1. The van der Waals surface area contributed by atoms with Crippen molar-refractivity contribution >= 4 is 5.91 Å². The number of nitrogens with two attached hydrogens (primary N) is 1.